The van der Waals surface area contributed by atoms with E-state index in [1.54, 1.807) is 36.5 Å². The summed E-state index contributed by atoms with van der Waals surface area (Å²) >= 11 is 1.48. The number of nitrogens with zero attached hydrogens (tertiary/aromatic N) is 4. The number of carbonyl (C=O) groups excluding carboxylic acids is 2. The Morgan fingerprint density at radius 2 is 1.90 bits per heavy atom. The maximum atomic E-state index is 12.7. The Labute approximate surface area is 181 Å². The molecule has 0 spiro atoms. The number of esters is 1. The normalized spacial score (nSPS) is 11.1. The van der Waals surface area contributed by atoms with Gasteiger partial charge in [-0.3, -0.25) is 19.0 Å². The fraction of sp³-hybridized carbons (Fsp3) is 0.227. The van der Waals surface area contributed by atoms with E-state index in [2.05, 4.69) is 10.1 Å². The van der Waals surface area contributed by atoms with Crippen LogP contribution in [0.5, 0.6) is 0 Å². The van der Waals surface area contributed by atoms with Crippen LogP contribution in [0, 0.1) is 13.8 Å². The van der Waals surface area contributed by atoms with Crippen LogP contribution < -0.4 is 5.56 Å². The molecule has 0 aliphatic carbocycles. The first-order valence-corrected chi connectivity index (χ1v) is 10.5. The van der Waals surface area contributed by atoms with E-state index < -0.39 is 5.97 Å². The van der Waals surface area contributed by atoms with Crippen molar-refractivity contribution in [3.63, 3.8) is 0 Å². The molecule has 9 heteroatoms. The third-order valence-electron chi connectivity index (χ3n) is 5.05. The van der Waals surface area contributed by atoms with Crippen LogP contribution in [-0.2, 0) is 23.0 Å². The molecule has 0 aliphatic heterocycles. The number of rotatable bonds is 6. The maximum absolute atomic E-state index is 12.7. The number of aromatic nitrogens is 4. The minimum absolute atomic E-state index is 0.139. The van der Waals surface area contributed by atoms with E-state index in [9.17, 15) is 14.4 Å². The lowest BCUT2D eigenvalue weighted by Crippen LogP contribution is -2.23. The maximum Gasteiger partial charge on any atom is 0.312 e. The highest BCUT2D eigenvalue weighted by molar-refractivity contribution is 7.12. The summed E-state index contributed by atoms with van der Waals surface area (Å²) in [5.74, 6) is -0.874. The first-order chi connectivity index (χ1) is 14.9. The average molecular weight is 436 g/mol. The van der Waals surface area contributed by atoms with Crippen molar-refractivity contribution in [3.8, 4) is 5.13 Å². The van der Waals surface area contributed by atoms with E-state index in [0.29, 0.717) is 22.0 Å². The Morgan fingerprint density at radius 1 is 1.16 bits per heavy atom. The number of hydrogen-bond donors (Lipinski definition) is 0. The number of hydrogen-bond acceptors (Lipinski definition) is 7. The molecule has 158 valence electrons. The van der Waals surface area contributed by atoms with Gasteiger partial charge in [-0.25, -0.2) is 9.67 Å². The van der Waals surface area contributed by atoms with Crippen LogP contribution >= 0.6 is 11.3 Å². The largest absolute Gasteiger partial charge is 0.457 e. The summed E-state index contributed by atoms with van der Waals surface area (Å²) < 4.78 is 8.34. The van der Waals surface area contributed by atoms with Crippen LogP contribution in [0.1, 0.15) is 27.4 Å². The Hall–Kier alpha value is -3.59. The SMILES string of the molecule is Cc1cc(C(=O)COC(=O)Cc2nn(C)c(=O)c3ccccc23)c(C)n1-c1nccs1. The van der Waals surface area contributed by atoms with E-state index in [1.165, 1.54) is 23.1 Å². The summed E-state index contributed by atoms with van der Waals surface area (Å²) in [6.45, 7) is 3.36. The summed E-state index contributed by atoms with van der Waals surface area (Å²) in [6.07, 6.45) is 1.57. The smallest absolute Gasteiger partial charge is 0.312 e. The van der Waals surface area contributed by atoms with E-state index in [-0.39, 0.29) is 24.4 Å². The van der Waals surface area contributed by atoms with Crippen molar-refractivity contribution < 1.29 is 14.3 Å². The number of fused-ring (bicyclic) bond motifs is 1. The molecule has 3 aromatic heterocycles. The van der Waals surface area contributed by atoms with Gasteiger partial charge in [-0.1, -0.05) is 18.2 Å². The number of aryl methyl sites for hydroxylation is 2. The van der Waals surface area contributed by atoms with Gasteiger partial charge in [-0.05, 0) is 26.0 Å². The lowest BCUT2D eigenvalue weighted by atomic mass is 10.1. The predicted molar refractivity (Wildman–Crippen MR) is 117 cm³/mol. The highest BCUT2D eigenvalue weighted by Gasteiger charge is 2.20. The van der Waals surface area contributed by atoms with Crippen molar-refractivity contribution in [1.29, 1.82) is 0 Å². The number of thiazole rings is 1. The van der Waals surface area contributed by atoms with Gasteiger partial charge in [0.15, 0.2) is 11.7 Å². The molecule has 0 saturated heterocycles. The van der Waals surface area contributed by atoms with Crippen LogP contribution in [0.3, 0.4) is 0 Å². The molecule has 0 fully saturated rings. The molecule has 0 saturated carbocycles. The number of ketones is 1. The van der Waals surface area contributed by atoms with Gasteiger partial charge < -0.3 is 4.74 Å². The zero-order valence-electron chi connectivity index (χ0n) is 17.3. The summed E-state index contributed by atoms with van der Waals surface area (Å²) in [5, 5.41) is 7.92. The number of ether oxygens (including phenoxy) is 1. The Bertz CT molecular complexity index is 1350. The highest BCUT2D eigenvalue weighted by Crippen LogP contribution is 2.22. The van der Waals surface area contributed by atoms with Crippen LogP contribution in [0.15, 0.2) is 46.7 Å². The third-order valence-corrected chi connectivity index (χ3v) is 5.81. The van der Waals surface area contributed by atoms with Crippen molar-refractivity contribution >= 4 is 33.9 Å². The van der Waals surface area contributed by atoms with E-state index in [0.717, 1.165) is 16.5 Å². The molecule has 1 aromatic carbocycles. The number of carbonyl (C=O) groups is 2. The fourth-order valence-electron chi connectivity index (χ4n) is 3.58. The minimum Gasteiger partial charge on any atom is -0.457 e. The molecule has 0 atom stereocenters. The summed E-state index contributed by atoms with van der Waals surface area (Å²) in [7, 11) is 1.53. The van der Waals surface area contributed by atoms with Gasteiger partial charge in [-0.15, -0.1) is 11.3 Å². The van der Waals surface area contributed by atoms with Crippen molar-refractivity contribution in [2.45, 2.75) is 20.3 Å². The van der Waals surface area contributed by atoms with E-state index in [1.807, 2.05) is 23.8 Å². The molecule has 0 radical (unpaired) electrons. The molecule has 4 rings (SSSR count). The topological polar surface area (TPSA) is 96.1 Å². The molecule has 31 heavy (non-hydrogen) atoms. The molecule has 0 amide bonds. The molecular weight excluding hydrogens is 416 g/mol. The van der Waals surface area contributed by atoms with Crippen molar-refractivity contribution in [2.24, 2.45) is 7.05 Å². The van der Waals surface area contributed by atoms with Crippen molar-refractivity contribution in [3.05, 3.63) is 74.9 Å². The van der Waals surface area contributed by atoms with Gasteiger partial charge in [0.1, 0.15) is 0 Å². The van der Waals surface area contributed by atoms with Gasteiger partial charge in [-0.2, -0.15) is 5.10 Å². The average Bonchev–Trinajstić information content (AvgIpc) is 3.37. The molecule has 0 N–H and O–H groups in total. The van der Waals surface area contributed by atoms with Gasteiger partial charge in [0, 0.05) is 41.0 Å². The molecule has 0 unspecified atom stereocenters. The second-order valence-electron chi connectivity index (χ2n) is 7.12. The van der Waals surface area contributed by atoms with Gasteiger partial charge >= 0.3 is 5.97 Å². The van der Waals surface area contributed by atoms with Crippen molar-refractivity contribution in [1.82, 2.24) is 19.3 Å². The lowest BCUT2D eigenvalue weighted by Gasteiger charge is -2.08. The van der Waals surface area contributed by atoms with Gasteiger partial charge in [0.2, 0.25) is 5.78 Å². The van der Waals surface area contributed by atoms with Crippen LogP contribution in [0.25, 0.3) is 15.9 Å². The lowest BCUT2D eigenvalue weighted by molar-refractivity contribution is -0.141. The molecule has 4 aromatic rings. The van der Waals surface area contributed by atoms with Crippen LogP contribution in [0.4, 0.5) is 0 Å². The zero-order chi connectivity index (χ0) is 22.1. The number of benzene rings is 1. The highest BCUT2D eigenvalue weighted by atomic mass is 32.1. The molecule has 0 aliphatic rings. The summed E-state index contributed by atoms with van der Waals surface area (Å²) in [4.78, 5) is 41.6. The fourth-order valence-corrected chi connectivity index (χ4v) is 4.34. The number of Topliss-reactive ketones (excluding diaryl/α,β-unsaturated/α-hetero) is 1. The molecular formula is C22H20N4O4S. The molecule has 3 heterocycles. The van der Waals surface area contributed by atoms with E-state index in [4.69, 9.17) is 4.74 Å². The standard InChI is InChI=1S/C22H20N4O4S/c1-13-10-17(14(2)26(13)22-23-8-9-31-22)19(27)12-30-20(28)11-18-15-6-4-5-7-16(15)21(29)25(3)24-18/h4-10H,11-12H2,1-3H3. The second kappa shape index (κ2) is 8.27. The van der Waals surface area contributed by atoms with Crippen LogP contribution in [-0.4, -0.2) is 37.7 Å². The summed E-state index contributed by atoms with van der Waals surface area (Å²) in [6, 6.07) is 8.74. The van der Waals surface area contributed by atoms with Gasteiger partial charge in [0.05, 0.1) is 17.5 Å². The Morgan fingerprint density at radius 3 is 2.61 bits per heavy atom. The van der Waals surface area contributed by atoms with Gasteiger partial charge in [0.25, 0.3) is 5.56 Å². The molecule has 8 nitrogen and oxygen atoms in total. The third kappa shape index (κ3) is 3.91. The first kappa shape index (κ1) is 20.7. The molecule has 0 bridgehead atoms. The van der Waals surface area contributed by atoms with Crippen LogP contribution in [0.2, 0.25) is 0 Å². The first-order valence-electron chi connectivity index (χ1n) is 9.59. The minimum atomic E-state index is -0.585. The van der Waals surface area contributed by atoms with E-state index >= 15 is 0 Å². The zero-order valence-corrected chi connectivity index (χ0v) is 18.1. The predicted octanol–water partition coefficient (Wildman–Crippen LogP) is 2.77. The monoisotopic (exact) mass is 436 g/mol. The Kier molecular flexibility index (Phi) is 5.51. The summed E-state index contributed by atoms with van der Waals surface area (Å²) in [5.41, 5.74) is 2.31. The second-order valence-corrected chi connectivity index (χ2v) is 7.99. The quantitative estimate of drug-likeness (QED) is 0.341. The van der Waals surface area contributed by atoms with Crippen molar-refractivity contribution in [2.75, 3.05) is 6.61 Å². The Balaban J connectivity index is 1.49.